The zero-order chi connectivity index (χ0) is 16.1. The highest BCUT2D eigenvalue weighted by molar-refractivity contribution is 8.00. The molecule has 0 saturated carbocycles. The minimum absolute atomic E-state index is 0.157. The van der Waals surface area contributed by atoms with Gasteiger partial charge in [0.1, 0.15) is 11.5 Å². The monoisotopic (exact) mass is 320 g/mol. The Hall–Kier alpha value is -2.41. The minimum Gasteiger partial charge on any atom is -0.319 e. The Bertz CT molecular complexity index is 691. The molecule has 22 heavy (non-hydrogen) atoms. The maximum atomic E-state index is 12.8. The number of nitro benzene ring substituents is 1. The second-order valence-corrected chi connectivity index (χ2v) is 5.89. The fraction of sp³-hybridized carbons (Fsp3) is 0.133. The number of thioether (sulfide) groups is 1. The smallest absolute Gasteiger partial charge is 0.292 e. The number of nitrogens with zero attached hydrogens (tertiary/aromatic N) is 1. The van der Waals surface area contributed by atoms with Crippen LogP contribution < -0.4 is 5.32 Å². The van der Waals surface area contributed by atoms with Gasteiger partial charge in [0.25, 0.3) is 5.69 Å². The van der Waals surface area contributed by atoms with Crippen molar-refractivity contribution in [2.45, 2.75) is 17.1 Å². The van der Waals surface area contributed by atoms with Crippen LogP contribution >= 0.6 is 11.8 Å². The van der Waals surface area contributed by atoms with E-state index in [0.29, 0.717) is 0 Å². The second-order valence-electron chi connectivity index (χ2n) is 4.48. The second kappa shape index (κ2) is 7.04. The molecule has 2 aromatic carbocycles. The summed E-state index contributed by atoms with van der Waals surface area (Å²) in [6.45, 7) is 1.68. The number of carbonyl (C=O) groups is 1. The molecule has 0 unspecified atom stereocenters. The van der Waals surface area contributed by atoms with Crippen molar-refractivity contribution in [1.29, 1.82) is 0 Å². The fourth-order valence-electron chi connectivity index (χ4n) is 1.74. The quantitative estimate of drug-likeness (QED) is 0.516. The number of hydrogen-bond acceptors (Lipinski definition) is 4. The highest BCUT2D eigenvalue weighted by atomic mass is 32.2. The molecule has 2 rings (SSSR count). The lowest BCUT2D eigenvalue weighted by Crippen LogP contribution is -2.22. The number of nitrogens with one attached hydrogen (secondary N) is 1. The van der Waals surface area contributed by atoms with Crippen molar-refractivity contribution in [1.82, 2.24) is 0 Å². The van der Waals surface area contributed by atoms with Gasteiger partial charge >= 0.3 is 0 Å². The molecule has 0 saturated heterocycles. The van der Waals surface area contributed by atoms with Crippen molar-refractivity contribution >= 4 is 29.0 Å². The third kappa shape index (κ3) is 4.05. The van der Waals surface area contributed by atoms with Crippen LogP contribution in [0.2, 0.25) is 0 Å². The van der Waals surface area contributed by atoms with Crippen LogP contribution in [-0.4, -0.2) is 16.1 Å². The van der Waals surface area contributed by atoms with Gasteiger partial charge < -0.3 is 5.32 Å². The minimum atomic E-state index is -0.548. The Kier molecular flexibility index (Phi) is 5.11. The predicted molar refractivity (Wildman–Crippen MR) is 83.4 cm³/mol. The molecule has 2 aromatic rings. The van der Waals surface area contributed by atoms with E-state index in [1.54, 1.807) is 25.1 Å². The lowest BCUT2D eigenvalue weighted by Gasteiger charge is -2.12. The van der Waals surface area contributed by atoms with Crippen molar-refractivity contribution in [2.75, 3.05) is 5.32 Å². The lowest BCUT2D eigenvalue weighted by atomic mass is 10.2. The molecular weight excluding hydrogens is 307 g/mol. The van der Waals surface area contributed by atoms with Crippen LogP contribution in [0, 0.1) is 15.9 Å². The molecule has 0 spiro atoms. The van der Waals surface area contributed by atoms with Crippen molar-refractivity contribution in [2.24, 2.45) is 0 Å². The zero-order valence-corrected chi connectivity index (χ0v) is 12.5. The Morgan fingerprint density at radius 3 is 2.50 bits per heavy atom. The fourth-order valence-corrected chi connectivity index (χ4v) is 2.61. The molecular formula is C15H13FN2O3S. The summed E-state index contributed by atoms with van der Waals surface area (Å²) in [5, 5.41) is 13.0. The molecule has 114 valence electrons. The summed E-state index contributed by atoms with van der Waals surface area (Å²) in [5.41, 5.74) is -0.00103. The van der Waals surface area contributed by atoms with Crippen LogP contribution in [0.25, 0.3) is 0 Å². The summed E-state index contributed by atoms with van der Waals surface area (Å²) in [6.07, 6.45) is 0. The maximum absolute atomic E-state index is 12.8. The van der Waals surface area contributed by atoms with E-state index >= 15 is 0 Å². The molecule has 0 heterocycles. The van der Waals surface area contributed by atoms with Crippen LogP contribution in [0.4, 0.5) is 15.8 Å². The third-order valence-corrected chi connectivity index (χ3v) is 3.97. The van der Waals surface area contributed by atoms with Crippen molar-refractivity contribution < 1.29 is 14.1 Å². The molecule has 5 nitrogen and oxygen atoms in total. The molecule has 0 radical (unpaired) electrons. The number of benzene rings is 2. The van der Waals surface area contributed by atoms with E-state index in [1.165, 1.54) is 42.1 Å². The molecule has 0 aromatic heterocycles. The van der Waals surface area contributed by atoms with Gasteiger partial charge in [-0.25, -0.2) is 4.39 Å². The van der Waals surface area contributed by atoms with Gasteiger partial charge in [0.2, 0.25) is 5.91 Å². The van der Waals surface area contributed by atoms with Gasteiger partial charge in [-0.1, -0.05) is 12.1 Å². The summed E-state index contributed by atoms with van der Waals surface area (Å²) < 4.78 is 12.8. The maximum Gasteiger partial charge on any atom is 0.292 e. The summed E-state index contributed by atoms with van der Waals surface area (Å²) in [7, 11) is 0. The standard InChI is InChI=1S/C15H13FN2O3S/c1-10(22-12-8-6-11(16)7-9-12)15(19)17-13-4-2-3-5-14(13)18(20)21/h2-10H,1H3,(H,17,19)/t10-/m0/s1. The van der Waals surface area contributed by atoms with Crippen molar-refractivity contribution in [3.8, 4) is 0 Å². The zero-order valence-electron chi connectivity index (χ0n) is 11.7. The van der Waals surface area contributed by atoms with E-state index in [9.17, 15) is 19.3 Å². The summed E-state index contributed by atoms with van der Waals surface area (Å²) in [4.78, 5) is 23.2. The van der Waals surface area contributed by atoms with Gasteiger partial charge in [-0.15, -0.1) is 11.8 Å². The first-order valence-corrected chi connectivity index (χ1v) is 7.32. The van der Waals surface area contributed by atoms with Crippen LogP contribution in [-0.2, 0) is 4.79 Å². The summed E-state index contributed by atoms with van der Waals surface area (Å²) in [5.74, 6) is -0.704. The number of hydrogen-bond donors (Lipinski definition) is 1. The largest absolute Gasteiger partial charge is 0.319 e. The normalized spacial score (nSPS) is 11.7. The van der Waals surface area contributed by atoms with Gasteiger partial charge in [-0.2, -0.15) is 0 Å². The molecule has 1 N–H and O–H groups in total. The molecule has 0 aliphatic carbocycles. The Balaban J connectivity index is 2.05. The Morgan fingerprint density at radius 1 is 1.23 bits per heavy atom. The molecule has 7 heteroatoms. The number of rotatable bonds is 5. The van der Waals surface area contributed by atoms with Crippen molar-refractivity contribution in [3.05, 3.63) is 64.5 Å². The predicted octanol–water partition coefficient (Wildman–Crippen LogP) is 3.85. The Labute approximate surface area is 130 Å². The number of carbonyl (C=O) groups excluding carboxylic acids is 1. The van der Waals surface area contributed by atoms with E-state index in [4.69, 9.17) is 0 Å². The van der Waals surface area contributed by atoms with E-state index in [0.717, 1.165) is 4.90 Å². The number of para-hydroxylation sites is 2. The van der Waals surface area contributed by atoms with Gasteiger partial charge in [-0.3, -0.25) is 14.9 Å². The van der Waals surface area contributed by atoms with Gasteiger partial charge in [0.15, 0.2) is 0 Å². The molecule has 1 atom stereocenters. The van der Waals surface area contributed by atoms with Crippen molar-refractivity contribution in [3.63, 3.8) is 0 Å². The van der Waals surface area contributed by atoms with Crippen LogP contribution in [0.5, 0.6) is 0 Å². The van der Waals surface area contributed by atoms with Gasteiger partial charge in [0.05, 0.1) is 10.2 Å². The average molecular weight is 320 g/mol. The third-order valence-electron chi connectivity index (χ3n) is 2.85. The molecule has 0 fully saturated rings. The van der Waals surface area contributed by atoms with E-state index in [-0.39, 0.29) is 23.1 Å². The first kappa shape index (κ1) is 16.0. The molecule has 1 amide bonds. The van der Waals surface area contributed by atoms with Crippen LogP contribution in [0.3, 0.4) is 0 Å². The molecule has 0 aliphatic rings. The lowest BCUT2D eigenvalue weighted by molar-refractivity contribution is -0.383. The number of nitro groups is 1. The topological polar surface area (TPSA) is 72.2 Å². The van der Waals surface area contributed by atoms with Crippen LogP contribution in [0.1, 0.15) is 6.92 Å². The van der Waals surface area contributed by atoms with E-state index < -0.39 is 10.2 Å². The molecule has 0 aliphatic heterocycles. The first-order valence-electron chi connectivity index (χ1n) is 6.44. The summed E-state index contributed by atoms with van der Waals surface area (Å²) >= 11 is 1.25. The summed E-state index contributed by atoms with van der Waals surface area (Å²) in [6, 6.07) is 11.7. The number of amides is 1. The van der Waals surface area contributed by atoms with Gasteiger partial charge in [-0.05, 0) is 37.3 Å². The highest BCUT2D eigenvalue weighted by Crippen LogP contribution is 2.27. The molecule has 0 bridgehead atoms. The average Bonchev–Trinajstić information content (AvgIpc) is 2.49. The SMILES string of the molecule is C[C@H](Sc1ccc(F)cc1)C(=O)Nc1ccccc1[N+](=O)[O-]. The van der Waals surface area contributed by atoms with Gasteiger partial charge in [0, 0.05) is 11.0 Å². The Morgan fingerprint density at radius 2 is 1.86 bits per heavy atom. The van der Waals surface area contributed by atoms with E-state index in [2.05, 4.69) is 5.32 Å². The van der Waals surface area contributed by atoms with Crippen LogP contribution in [0.15, 0.2) is 53.4 Å². The number of halogens is 1. The highest BCUT2D eigenvalue weighted by Gasteiger charge is 2.19. The number of anilines is 1. The van der Waals surface area contributed by atoms with E-state index in [1.807, 2.05) is 0 Å². The first-order chi connectivity index (χ1) is 10.5.